The van der Waals surface area contributed by atoms with E-state index in [0.717, 1.165) is 16.8 Å². The highest BCUT2D eigenvalue weighted by atomic mass is 32.1. The lowest BCUT2D eigenvalue weighted by molar-refractivity contribution is -0.123. The minimum Gasteiger partial charge on any atom is -0.391 e. The molecule has 0 aliphatic rings. The van der Waals surface area contributed by atoms with Crippen molar-refractivity contribution in [2.75, 3.05) is 25.6 Å². The van der Waals surface area contributed by atoms with Crippen molar-refractivity contribution in [3.05, 3.63) is 60.0 Å². The van der Waals surface area contributed by atoms with Gasteiger partial charge in [0.1, 0.15) is 6.04 Å². The summed E-state index contributed by atoms with van der Waals surface area (Å²) in [6, 6.07) is 17.6. The number of nitrogens with one attached hydrogen (secondary N) is 2. The first-order valence-corrected chi connectivity index (χ1v) is 10.3. The number of hydrogen-bond acceptors (Lipinski definition) is 6. The Morgan fingerprint density at radius 2 is 1.76 bits per heavy atom. The van der Waals surface area contributed by atoms with E-state index in [1.54, 1.807) is 14.0 Å². The number of aromatic nitrogens is 1. The van der Waals surface area contributed by atoms with Crippen LogP contribution in [0, 0.1) is 0 Å². The predicted octanol–water partition coefficient (Wildman–Crippen LogP) is 3.40. The molecule has 0 aliphatic carbocycles. The number of carbonyl (C=O) groups excluding carboxylic acids is 1. The van der Waals surface area contributed by atoms with Crippen LogP contribution in [0.1, 0.15) is 6.92 Å². The highest BCUT2D eigenvalue weighted by Crippen LogP contribution is 2.28. The van der Waals surface area contributed by atoms with Crippen LogP contribution in [0.25, 0.3) is 22.4 Å². The zero-order valence-electron chi connectivity index (χ0n) is 16.5. The second kappa shape index (κ2) is 10.2. The average molecular weight is 412 g/mol. The van der Waals surface area contributed by atoms with Gasteiger partial charge in [0.05, 0.1) is 18.4 Å². The number of hydrogen-bond donors (Lipinski definition) is 3. The van der Waals surface area contributed by atoms with Crippen LogP contribution in [0.15, 0.2) is 60.0 Å². The molecule has 2 atom stereocenters. The van der Waals surface area contributed by atoms with E-state index in [0.29, 0.717) is 18.3 Å². The lowest BCUT2D eigenvalue weighted by Gasteiger charge is -2.20. The molecule has 2 aromatic carbocycles. The maximum atomic E-state index is 12.3. The molecule has 152 valence electrons. The highest BCUT2D eigenvalue weighted by Gasteiger charge is 2.24. The summed E-state index contributed by atoms with van der Waals surface area (Å²) in [6.45, 7) is 2.38. The fraction of sp³-hybridized carbons (Fsp3) is 0.273. The Hall–Kier alpha value is -2.74. The minimum atomic E-state index is -0.866. The van der Waals surface area contributed by atoms with Crippen molar-refractivity contribution in [1.82, 2.24) is 10.3 Å². The monoisotopic (exact) mass is 411 g/mol. The van der Waals surface area contributed by atoms with Gasteiger partial charge in [-0.1, -0.05) is 54.6 Å². The van der Waals surface area contributed by atoms with Crippen LogP contribution in [-0.4, -0.2) is 48.4 Å². The number of amides is 1. The largest absolute Gasteiger partial charge is 0.391 e. The first-order valence-electron chi connectivity index (χ1n) is 9.41. The minimum absolute atomic E-state index is 0.291. The molecule has 0 spiro atoms. The van der Waals surface area contributed by atoms with Gasteiger partial charge in [-0.25, -0.2) is 4.98 Å². The van der Waals surface area contributed by atoms with Crippen molar-refractivity contribution >= 4 is 22.4 Å². The van der Waals surface area contributed by atoms with Crippen molar-refractivity contribution < 1.29 is 14.6 Å². The summed E-state index contributed by atoms with van der Waals surface area (Å²) >= 11 is 1.40. The third-order valence-corrected chi connectivity index (χ3v) is 5.21. The second-order valence-electron chi connectivity index (χ2n) is 6.63. The number of aliphatic hydroxyl groups is 1. The van der Waals surface area contributed by atoms with Crippen molar-refractivity contribution in [3.8, 4) is 22.4 Å². The van der Waals surface area contributed by atoms with Gasteiger partial charge in [-0.15, -0.1) is 11.3 Å². The molecule has 3 aromatic rings. The number of benzene rings is 2. The number of anilines is 1. The van der Waals surface area contributed by atoms with Crippen LogP contribution in [-0.2, 0) is 9.53 Å². The number of aliphatic hydroxyl groups excluding tert-OH is 1. The molecule has 3 N–H and O–H groups in total. The van der Waals surface area contributed by atoms with E-state index in [-0.39, 0.29) is 5.91 Å². The van der Waals surface area contributed by atoms with Crippen LogP contribution in [0.2, 0.25) is 0 Å². The molecule has 0 fully saturated rings. The topological polar surface area (TPSA) is 83.5 Å². The number of rotatable bonds is 9. The molecule has 1 aromatic heterocycles. The summed E-state index contributed by atoms with van der Waals surface area (Å²) < 4.78 is 4.93. The smallest absolute Gasteiger partial charge is 0.245 e. The normalized spacial score (nSPS) is 12.9. The van der Waals surface area contributed by atoms with E-state index in [9.17, 15) is 9.90 Å². The maximum absolute atomic E-state index is 12.3. The van der Waals surface area contributed by atoms with Gasteiger partial charge in [0.15, 0.2) is 5.13 Å². The fourth-order valence-corrected chi connectivity index (χ4v) is 3.62. The molecule has 0 bridgehead atoms. The third kappa shape index (κ3) is 5.63. The van der Waals surface area contributed by atoms with Crippen LogP contribution < -0.4 is 10.6 Å². The number of ether oxygens (including phenoxy) is 1. The van der Waals surface area contributed by atoms with E-state index < -0.39 is 12.1 Å². The fourth-order valence-electron chi connectivity index (χ4n) is 2.86. The quantitative estimate of drug-likeness (QED) is 0.470. The van der Waals surface area contributed by atoms with Crippen LogP contribution in [0.5, 0.6) is 0 Å². The van der Waals surface area contributed by atoms with E-state index in [2.05, 4.69) is 39.9 Å². The molecular weight excluding hydrogens is 386 g/mol. The average Bonchev–Trinajstić information content (AvgIpc) is 3.21. The molecule has 0 aliphatic heterocycles. The summed E-state index contributed by atoms with van der Waals surface area (Å²) in [6.07, 6.45) is -0.866. The van der Waals surface area contributed by atoms with Crippen molar-refractivity contribution in [2.45, 2.75) is 19.1 Å². The first kappa shape index (κ1) is 21.0. The molecular formula is C22H25N3O3S. The van der Waals surface area contributed by atoms with Crippen LogP contribution in [0.4, 0.5) is 5.13 Å². The maximum Gasteiger partial charge on any atom is 0.245 e. The van der Waals surface area contributed by atoms with Crippen molar-refractivity contribution in [2.24, 2.45) is 0 Å². The number of methoxy groups -OCH3 is 1. The summed E-state index contributed by atoms with van der Waals surface area (Å²) in [5, 5.41) is 18.3. The molecule has 6 nitrogen and oxygen atoms in total. The second-order valence-corrected chi connectivity index (χ2v) is 7.49. The Morgan fingerprint density at radius 3 is 2.41 bits per heavy atom. The number of thiazole rings is 1. The van der Waals surface area contributed by atoms with Crippen molar-refractivity contribution in [3.63, 3.8) is 0 Å². The van der Waals surface area contributed by atoms with Gasteiger partial charge in [0.2, 0.25) is 5.91 Å². The Kier molecular flexibility index (Phi) is 7.35. The molecule has 1 amide bonds. The number of carbonyl (C=O) groups is 1. The lowest BCUT2D eigenvalue weighted by atomic mass is 10.0. The predicted molar refractivity (Wildman–Crippen MR) is 117 cm³/mol. The van der Waals surface area contributed by atoms with Gasteiger partial charge < -0.3 is 20.5 Å². The summed E-state index contributed by atoms with van der Waals surface area (Å²) in [4.78, 5) is 16.9. The molecule has 29 heavy (non-hydrogen) atoms. The molecule has 0 unspecified atom stereocenters. The third-order valence-electron chi connectivity index (χ3n) is 4.44. The first-order chi connectivity index (χ1) is 14.1. The summed E-state index contributed by atoms with van der Waals surface area (Å²) in [5.74, 6) is -0.291. The van der Waals surface area contributed by atoms with E-state index in [4.69, 9.17) is 4.74 Å². The summed E-state index contributed by atoms with van der Waals surface area (Å²) in [5.41, 5.74) is 4.12. The van der Waals surface area contributed by atoms with Gasteiger partial charge >= 0.3 is 0 Å². The van der Waals surface area contributed by atoms with Gasteiger partial charge in [0.25, 0.3) is 0 Å². The Labute approximate surface area is 174 Å². The lowest BCUT2D eigenvalue weighted by Crippen LogP contribution is -2.46. The highest BCUT2D eigenvalue weighted by molar-refractivity contribution is 7.14. The standard InChI is InChI=1S/C22H25N3O3S/c1-15(26)20(21(27)23-12-13-28-2)25-22-24-19(14-29-22)18-10-8-17(9-11-18)16-6-4-3-5-7-16/h3-11,14-15,20,26H,12-13H2,1-2H3,(H,23,27)(H,24,25)/t15-,20+/m1/s1. The molecule has 0 saturated carbocycles. The molecule has 7 heteroatoms. The van der Waals surface area contributed by atoms with Crippen LogP contribution in [0.3, 0.4) is 0 Å². The summed E-state index contributed by atoms with van der Waals surface area (Å²) in [7, 11) is 1.57. The van der Waals surface area contributed by atoms with Crippen LogP contribution >= 0.6 is 11.3 Å². The van der Waals surface area contributed by atoms with E-state index >= 15 is 0 Å². The Balaban J connectivity index is 1.68. The molecule has 3 rings (SSSR count). The van der Waals surface area contributed by atoms with Gasteiger partial charge in [-0.05, 0) is 18.1 Å². The molecule has 1 heterocycles. The van der Waals surface area contributed by atoms with Gasteiger partial charge in [-0.3, -0.25) is 4.79 Å². The Morgan fingerprint density at radius 1 is 1.10 bits per heavy atom. The van der Waals surface area contributed by atoms with E-state index in [1.807, 2.05) is 35.7 Å². The van der Waals surface area contributed by atoms with Gasteiger partial charge in [-0.2, -0.15) is 0 Å². The Bertz CT molecular complexity index is 911. The molecule has 0 saturated heterocycles. The van der Waals surface area contributed by atoms with Crippen molar-refractivity contribution in [1.29, 1.82) is 0 Å². The van der Waals surface area contributed by atoms with Gasteiger partial charge in [0, 0.05) is 24.6 Å². The zero-order chi connectivity index (χ0) is 20.6. The molecule has 0 radical (unpaired) electrons. The van der Waals surface area contributed by atoms with E-state index in [1.165, 1.54) is 16.9 Å². The SMILES string of the molecule is COCCNC(=O)[C@@H](Nc1nc(-c2ccc(-c3ccccc3)cc2)cs1)[C@@H](C)O. The zero-order valence-corrected chi connectivity index (χ0v) is 17.3. The number of nitrogens with zero attached hydrogens (tertiary/aromatic N) is 1.